The number of nitrogens with zero attached hydrogens (tertiary/aromatic N) is 4. The van der Waals surface area contributed by atoms with Crippen molar-refractivity contribution in [3.05, 3.63) is 65.7 Å². The van der Waals surface area contributed by atoms with Crippen molar-refractivity contribution in [2.45, 2.75) is 38.4 Å². The SMILES string of the molecule is CCCC(Nc1cnc(-n2cc(C(F)(F)F)cn2)nc1)c1ccc(C(=O)NCCC(=O)OC)cc1. The maximum atomic E-state index is 12.8. The molecule has 2 N–H and O–H groups in total. The van der Waals surface area contributed by atoms with Crippen molar-refractivity contribution in [1.82, 2.24) is 25.1 Å². The van der Waals surface area contributed by atoms with Crippen molar-refractivity contribution in [3.63, 3.8) is 0 Å². The number of carbonyl (C=O) groups is 2. The monoisotopic (exact) mass is 490 g/mol. The van der Waals surface area contributed by atoms with E-state index < -0.39 is 17.7 Å². The number of rotatable bonds is 10. The summed E-state index contributed by atoms with van der Waals surface area (Å²) in [5.41, 5.74) is 1.09. The van der Waals surface area contributed by atoms with Crippen molar-refractivity contribution < 1.29 is 27.5 Å². The lowest BCUT2D eigenvalue weighted by Crippen LogP contribution is -2.26. The molecule has 2 aromatic heterocycles. The first-order chi connectivity index (χ1) is 16.7. The van der Waals surface area contributed by atoms with Crippen LogP contribution in [0, 0.1) is 0 Å². The van der Waals surface area contributed by atoms with Crippen LogP contribution < -0.4 is 10.6 Å². The van der Waals surface area contributed by atoms with E-state index in [9.17, 15) is 22.8 Å². The van der Waals surface area contributed by atoms with Gasteiger partial charge in [-0.3, -0.25) is 9.59 Å². The third-order valence-corrected chi connectivity index (χ3v) is 5.09. The summed E-state index contributed by atoms with van der Waals surface area (Å²) in [7, 11) is 1.29. The topological polar surface area (TPSA) is 111 Å². The van der Waals surface area contributed by atoms with E-state index in [0.29, 0.717) is 11.3 Å². The summed E-state index contributed by atoms with van der Waals surface area (Å²) < 4.78 is 43.9. The number of hydrogen-bond donors (Lipinski definition) is 2. The van der Waals surface area contributed by atoms with Crippen LogP contribution in [0.5, 0.6) is 0 Å². The Balaban J connectivity index is 1.65. The molecule has 3 aromatic rings. The fraction of sp³-hybridized carbons (Fsp3) is 0.348. The molecule has 186 valence electrons. The Bertz CT molecular complexity index is 1130. The van der Waals surface area contributed by atoms with E-state index in [1.165, 1.54) is 19.5 Å². The van der Waals surface area contributed by atoms with E-state index in [2.05, 4.69) is 30.4 Å². The van der Waals surface area contributed by atoms with Crippen LogP contribution in [0.15, 0.2) is 49.1 Å². The highest BCUT2D eigenvalue weighted by molar-refractivity contribution is 5.94. The van der Waals surface area contributed by atoms with Crippen LogP contribution in [0.3, 0.4) is 0 Å². The molecule has 9 nitrogen and oxygen atoms in total. The van der Waals surface area contributed by atoms with Gasteiger partial charge in [-0.25, -0.2) is 14.6 Å². The lowest BCUT2D eigenvalue weighted by atomic mass is 10.0. The number of amides is 1. The van der Waals surface area contributed by atoms with E-state index in [-0.39, 0.29) is 30.9 Å². The fourth-order valence-electron chi connectivity index (χ4n) is 3.25. The first-order valence-electron chi connectivity index (χ1n) is 10.9. The standard InChI is InChI=1S/C23H25F3N6O3/c1-3-4-19(15-5-7-16(8-6-15)21(34)27-10-9-20(33)35-2)31-18-12-28-22(29-13-18)32-14-17(11-30-32)23(24,25)26/h5-8,11-14,19,31H,3-4,9-10H2,1-2H3,(H,27,34). The molecular weight excluding hydrogens is 465 g/mol. The van der Waals surface area contributed by atoms with E-state index in [4.69, 9.17) is 0 Å². The number of anilines is 1. The minimum absolute atomic E-state index is 0.0145. The summed E-state index contributed by atoms with van der Waals surface area (Å²) in [6.45, 7) is 2.21. The number of nitrogens with one attached hydrogen (secondary N) is 2. The van der Waals surface area contributed by atoms with E-state index in [0.717, 1.165) is 35.5 Å². The van der Waals surface area contributed by atoms with Crippen molar-refractivity contribution in [1.29, 1.82) is 0 Å². The van der Waals surface area contributed by atoms with Crippen LogP contribution in [-0.2, 0) is 15.7 Å². The van der Waals surface area contributed by atoms with Gasteiger partial charge in [0.15, 0.2) is 0 Å². The summed E-state index contributed by atoms with van der Waals surface area (Å²) >= 11 is 0. The number of benzene rings is 1. The first kappa shape index (κ1) is 25.7. The van der Waals surface area contributed by atoms with Gasteiger partial charge in [-0.2, -0.15) is 18.3 Å². The highest BCUT2D eigenvalue weighted by Gasteiger charge is 2.32. The molecule has 35 heavy (non-hydrogen) atoms. The molecule has 0 aliphatic rings. The summed E-state index contributed by atoms with van der Waals surface area (Å²) in [5.74, 6) is -0.681. The van der Waals surface area contributed by atoms with Crippen molar-refractivity contribution in [3.8, 4) is 5.95 Å². The minimum Gasteiger partial charge on any atom is -0.469 e. The highest BCUT2D eigenvalue weighted by atomic mass is 19.4. The molecule has 12 heteroatoms. The highest BCUT2D eigenvalue weighted by Crippen LogP contribution is 2.29. The van der Waals surface area contributed by atoms with Crippen LogP contribution in [0.1, 0.15) is 53.7 Å². The third-order valence-electron chi connectivity index (χ3n) is 5.09. The molecule has 0 saturated heterocycles. The van der Waals surface area contributed by atoms with Gasteiger partial charge in [-0.1, -0.05) is 25.5 Å². The van der Waals surface area contributed by atoms with E-state index >= 15 is 0 Å². The predicted octanol–water partition coefficient (Wildman–Crippen LogP) is 3.93. The molecule has 2 heterocycles. The first-order valence-corrected chi connectivity index (χ1v) is 10.9. The van der Waals surface area contributed by atoms with E-state index in [1.807, 2.05) is 19.1 Å². The van der Waals surface area contributed by atoms with Gasteiger partial charge in [0.1, 0.15) is 0 Å². The largest absolute Gasteiger partial charge is 0.469 e. The predicted molar refractivity (Wildman–Crippen MR) is 121 cm³/mol. The van der Waals surface area contributed by atoms with Crippen LogP contribution in [0.4, 0.5) is 18.9 Å². The molecule has 1 atom stereocenters. The molecule has 0 fully saturated rings. The van der Waals surface area contributed by atoms with Crippen LogP contribution in [0.2, 0.25) is 0 Å². The number of esters is 1. The Hall–Kier alpha value is -3.96. The molecule has 0 bridgehead atoms. The second-order valence-corrected chi connectivity index (χ2v) is 7.63. The fourth-order valence-corrected chi connectivity index (χ4v) is 3.25. The Morgan fingerprint density at radius 3 is 2.37 bits per heavy atom. The maximum Gasteiger partial charge on any atom is 0.419 e. The quantitative estimate of drug-likeness (QED) is 0.414. The number of ether oxygens (including phenoxy) is 1. The molecule has 0 spiro atoms. The number of carbonyl (C=O) groups excluding carboxylic acids is 2. The molecule has 0 aliphatic carbocycles. The number of aromatic nitrogens is 4. The zero-order chi connectivity index (χ0) is 25.4. The van der Waals surface area contributed by atoms with Crippen molar-refractivity contribution in [2.24, 2.45) is 0 Å². The average Bonchev–Trinajstić information content (AvgIpc) is 3.35. The molecular formula is C23H25F3N6O3. The van der Waals surface area contributed by atoms with Gasteiger partial charge in [0, 0.05) is 18.3 Å². The summed E-state index contributed by atoms with van der Waals surface area (Å²) in [6, 6.07) is 6.96. The second kappa shape index (κ2) is 11.4. The third kappa shape index (κ3) is 7.01. The van der Waals surface area contributed by atoms with Gasteiger partial charge in [-0.05, 0) is 24.1 Å². The van der Waals surface area contributed by atoms with Gasteiger partial charge in [0.25, 0.3) is 11.9 Å². The van der Waals surface area contributed by atoms with Gasteiger partial charge < -0.3 is 15.4 Å². The molecule has 1 aromatic carbocycles. The Morgan fingerprint density at radius 1 is 1.11 bits per heavy atom. The molecule has 1 unspecified atom stereocenters. The molecule has 1 amide bonds. The second-order valence-electron chi connectivity index (χ2n) is 7.63. The van der Waals surface area contributed by atoms with Gasteiger partial charge >= 0.3 is 12.1 Å². The number of hydrogen-bond acceptors (Lipinski definition) is 7. The Labute approximate surface area is 199 Å². The Kier molecular flexibility index (Phi) is 8.39. The van der Waals surface area contributed by atoms with E-state index in [1.54, 1.807) is 12.1 Å². The summed E-state index contributed by atoms with van der Waals surface area (Å²) in [5, 5.41) is 9.65. The zero-order valence-electron chi connectivity index (χ0n) is 19.2. The molecule has 0 aliphatic heterocycles. The normalized spacial score (nSPS) is 12.1. The van der Waals surface area contributed by atoms with Crippen molar-refractivity contribution >= 4 is 17.6 Å². The summed E-state index contributed by atoms with van der Waals surface area (Å²) in [6.07, 6.45) is 1.75. The molecule has 0 radical (unpaired) electrons. The molecule has 3 rings (SSSR count). The van der Waals surface area contributed by atoms with Gasteiger partial charge in [-0.15, -0.1) is 0 Å². The number of halogens is 3. The van der Waals surface area contributed by atoms with Crippen molar-refractivity contribution in [2.75, 3.05) is 19.0 Å². The maximum absolute atomic E-state index is 12.8. The van der Waals surface area contributed by atoms with Crippen LogP contribution in [0.25, 0.3) is 5.95 Å². The Morgan fingerprint density at radius 2 is 1.80 bits per heavy atom. The van der Waals surface area contributed by atoms with Gasteiger partial charge in [0.2, 0.25) is 0 Å². The lowest BCUT2D eigenvalue weighted by molar-refractivity contribution is -0.140. The average molecular weight is 490 g/mol. The van der Waals surface area contributed by atoms with Crippen LogP contribution in [-0.4, -0.2) is 45.3 Å². The number of methoxy groups -OCH3 is 1. The lowest BCUT2D eigenvalue weighted by Gasteiger charge is -2.20. The smallest absolute Gasteiger partial charge is 0.419 e. The zero-order valence-corrected chi connectivity index (χ0v) is 19.2. The summed E-state index contributed by atoms with van der Waals surface area (Å²) in [4.78, 5) is 31.6. The van der Waals surface area contributed by atoms with Crippen LogP contribution >= 0.6 is 0 Å². The minimum atomic E-state index is -4.49. The number of alkyl halides is 3. The molecule has 0 saturated carbocycles. The van der Waals surface area contributed by atoms with Gasteiger partial charge in [0.05, 0.1) is 49.4 Å².